The van der Waals surface area contributed by atoms with Gasteiger partial charge in [-0.15, -0.1) is 0 Å². The lowest BCUT2D eigenvalue weighted by Crippen LogP contribution is -2.45. The Kier molecular flexibility index (Phi) is 6.92. The van der Waals surface area contributed by atoms with Gasteiger partial charge in [0, 0.05) is 25.5 Å². The van der Waals surface area contributed by atoms with Crippen molar-refractivity contribution in [1.29, 1.82) is 0 Å². The second kappa shape index (κ2) is 10.1. The van der Waals surface area contributed by atoms with Gasteiger partial charge in [-0.3, -0.25) is 9.48 Å². The number of anilines is 2. The summed E-state index contributed by atoms with van der Waals surface area (Å²) >= 11 is 0. The largest absolute Gasteiger partial charge is 0.372 e. The number of nitrogens with zero attached hydrogens (tertiary/aromatic N) is 6. The highest BCUT2D eigenvalue weighted by Crippen LogP contribution is 2.36. The molecule has 3 aromatic heterocycles. The summed E-state index contributed by atoms with van der Waals surface area (Å²) in [7, 11) is 0. The Morgan fingerprint density at radius 3 is 2.58 bits per heavy atom. The molecule has 0 unspecified atom stereocenters. The maximum atomic E-state index is 13.8. The van der Waals surface area contributed by atoms with E-state index in [2.05, 4.69) is 32.3 Å². The Morgan fingerprint density at radius 1 is 1.19 bits per heavy atom. The number of morpholine rings is 1. The summed E-state index contributed by atoms with van der Waals surface area (Å²) in [5, 5.41) is 11.0. The van der Waals surface area contributed by atoms with E-state index in [-0.39, 0.29) is 29.5 Å². The van der Waals surface area contributed by atoms with Crippen LogP contribution in [0.25, 0.3) is 5.65 Å². The van der Waals surface area contributed by atoms with E-state index >= 15 is 0 Å². The van der Waals surface area contributed by atoms with Gasteiger partial charge in [-0.05, 0) is 51.5 Å². The molecule has 2 atom stereocenters. The number of carbonyl (C=O) groups is 1. The van der Waals surface area contributed by atoms with Gasteiger partial charge in [0.25, 0.3) is 12.3 Å². The number of rotatable bonds is 6. The molecule has 11 heteroatoms. The summed E-state index contributed by atoms with van der Waals surface area (Å²) in [4.78, 5) is 20.0. The first kappa shape index (κ1) is 24.6. The van der Waals surface area contributed by atoms with E-state index in [9.17, 15) is 13.6 Å². The minimum atomic E-state index is -2.80. The molecule has 9 nitrogen and oxygen atoms in total. The van der Waals surface area contributed by atoms with Gasteiger partial charge in [-0.2, -0.15) is 10.2 Å². The number of ether oxygens (including phenoxy) is 1. The van der Waals surface area contributed by atoms with E-state index in [4.69, 9.17) is 4.74 Å². The number of fused-ring (bicyclic) bond motifs is 1. The fraction of sp³-hybridized carbons (Fsp3) is 0.600. The average Bonchev–Trinajstić information content (AvgIpc) is 3.47. The van der Waals surface area contributed by atoms with Gasteiger partial charge in [-0.1, -0.05) is 13.3 Å². The van der Waals surface area contributed by atoms with Crippen molar-refractivity contribution in [3.63, 3.8) is 0 Å². The quantitative estimate of drug-likeness (QED) is 0.518. The zero-order chi connectivity index (χ0) is 25.4. The number of nitrogens with one attached hydrogen (secondary N) is 1. The molecule has 194 valence electrons. The van der Waals surface area contributed by atoms with E-state index in [0.717, 1.165) is 32.1 Å². The van der Waals surface area contributed by atoms with Crippen LogP contribution < -0.4 is 10.2 Å². The number of hydrogen-bond acceptors (Lipinski definition) is 6. The van der Waals surface area contributed by atoms with Crippen LogP contribution in [0.15, 0.2) is 24.7 Å². The highest BCUT2D eigenvalue weighted by molar-refractivity contribution is 6.08. The summed E-state index contributed by atoms with van der Waals surface area (Å²) in [6, 6.07) is 1.91. The summed E-state index contributed by atoms with van der Waals surface area (Å²) in [5.74, 6) is 0.847. The summed E-state index contributed by atoms with van der Waals surface area (Å²) in [6.07, 6.45) is 7.05. The predicted octanol–water partition coefficient (Wildman–Crippen LogP) is 4.87. The fourth-order valence-corrected chi connectivity index (χ4v) is 5.42. The molecule has 4 heterocycles. The van der Waals surface area contributed by atoms with E-state index in [1.165, 1.54) is 16.9 Å². The molecular weight excluding hydrogens is 468 g/mol. The molecule has 1 aliphatic carbocycles. The third kappa shape index (κ3) is 4.93. The molecule has 36 heavy (non-hydrogen) atoms. The monoisotopic (exact) mass is 501 g/mol. The smallest absolute Gasteiger partial charge is 0.284 e. The SMILES string of the molecule is CC[C@H]1CC[C@H](n2cc(NC(=O)c3cnn4ccc(N5C[C@H](C)O[C@@H](C)C5)nc34)c(C(F)F)n2)CC1. The van der Waals surface area contributed by atoms with Crippen LogP contribution in [0.1, 0.15) is 81.4 Å². The van der Waals surface area contributed by atoms with Crippen molar-refractivity contribution in [1.82, 2.24) is 24.4 Å². The van der Waals surface area contributed by atoms with Gasteiger partial charge in [0.1, 0.15) is 11.4 Å². The van der Waals surface area contributed by atoms with Crippen molar-refractivity contribution < 1.29 is 18.3 Å². The number of amides is 1. The van der Waals surface area contributed by atoms with Crippen molar-refractivity contribution in [3.8, 4) is 0 Å². The Balaban J connectivity index is 1.38. The van der Waals surface area contributed by atoms with Crippen molar-refractivity contribution in [2.45, 2.75) is 77.6 Å². The second-order valence-electron chi connectivity index (χ2n) is 10.0. The molecule has 0 spiro atoms. The molecule has 1 saturated heterocycles. The van der Waals surface area contributed by atoms with Crippen molar-refractivity contribution >= 4 is 23.1 Å². The lowest BCUT2D eigenvalue weighted by molar-refractivity contribution is -0.00545. The van der Waals surface area contributed by atoms with Crippen molar-refractivity contribution in [2.75, 3.05) is 23.3 Å². The summed E-state index contributed by atoms with van der Waals surface area (Å²) in [5.41, 5.74) is 0.185. The lowest BCUT2D eigenvalue weighted by Gasteiger charge is -2.36. The van der Waals surface area contributed by atoms with Gasteiger partial charge in [0.05, 0.1) is 30.1 Å². The van der Waals surface area contributed by atoms with Gasteiger partial charge in [0.2, 0.25) is 0 Å². The standard InChI is InChI=1S/C25H33F2N7O2/c1-4-17-5-7-18(8-6-17)34-14-20(22(31-34)23(26)27)29-25(35)19-11-28-33-10-9-21(30-24(19)33)32-12-15(2)36-16(3)13-32/h9-11,14-18,23H,4-8,12-13H2,1-3H3,(H,29,35)/t15-,16-,17-,18-/m0/s1. The lowest BCUT2D eigenvalue weighted by atomic mass is 9.85. The highest BCUT2D eigenvalue weighted by Gasteiger charge is 2.28. The zero-order valence-electron chi connectivity index (χ0n) is 20.9. The number of alkyl halides is 2. The van der Waals surface area contributed by atoms with Crippen LogP contribution in [0, 0.1) is 5.92 Å². The number of carbonyl (C=O) groups excluding carboxylic acids is 1. The summed E-state index contributed by atoms with van der Waals surface area (Å²) in [6.45, 7) is 7.56. The highest BCUT2D eigenvalue weighted by atomic mass is 19.3. The average molecular weight is 502 g/mol. The Hall–Kier alpha value is -3.08. The first-order chi connectivity index (χ1) is 17.3. The van der Waals surface area contributed by atoms with E-state index < -0.39 is 18.0 Å². The van der Waals surface area contributed by atoms with Crippen LogP contribution in [-0.4, -0.2) is 55.6 Å². The molecule has 5 rings (SSSR count). The summed E-state index contributed by atoms with van der Waals surface area (Å²) < 4.78 is 36.6. The molecular formula is C25H33F2N7O2. The fourth-order valence-electron chi connectivity index (χ4n) is 5.42. The van der Waals surface area contributed by atoms with Gasteiger partial charge >= 0.3 is 0 Å². The number of aromatic nitrogens is 5. The van der Waals surface area contributed by atoms with Crippen LogP contribution in [0.3, 0.4) is 0 Å². The molecule has 0 bridgehead atoms. The minimum absolute atomic E-state index is 0.0268. The van der Waals surface area contributed by atoms with Gasteiger partial charge in [-0.25, -0.2) is 18.3 Å². The molecule has 1 saturated carbocycles. The van der Waals surface area contributed by atoms with Crippen LogP contribution in [0.2, 0.25) is 0 Å². The first-order valence-corrected chi connectivity index (χ1v) is 12.8. The minimum Gasteiger partial charge on any atom is -0.372 e. The van der Waals surface area contributed by atoms with Crippen molar-refractivity contribution in [2.24, 2.45) is 5.92 Å². The molecule has 0 radical (unpaired) electrons. The second-order valence-corrected chi connectivity index (χ2v) is 10.0. The molecule has 0 aromatic carbocycles. The van der Waals surface area contributed by atoms with Gasteiger partial charge in [0.15, 0.2) is 11.3 Å². The van der Waals surface area contributed by atoms with Crippen molar-refractivity contribution in [3.05, 3.63) is 35.9 Å². The van der Waals surface area contributed by atoms with Crippen LogP contribution in [-0.2, 0) is 4.74 Å². The normalized spacial score (nSPS) is 25.0. The van der Waals surface area contributed by atoms with Gasteiger partial charge < -0.3 is 15.0 Å². The molecule has 3 aromatic rings. The molecule has 2 fully saturated rings. The van der Waals surface area contributed by atoms with E-state index in [1.807, 2.05) is 19.9 Å². The predicted molar refractivity (Wildman–Crippen MR) is 132 cm³/mol. The third-order valence-electron chi connectivity index (χ3n) is 7.33. The Morgan fingerprint density at radius 2 is 1.92 bits per heavy atom. The maximum absolute atomic E-state index is 13.8. The molecule has 2 aliphatic rings. The number of hydrogen-bond donors (Lipinski definition) is 1. The van der Waals surface area contributed by atoms with E-state index in [1.54, 1.807) is 10.9 Å². The topological polar surface area (TPSA) is 89.6 Å². The number of halogens is 2. The maximum Gasteiger partial charge on any atom is 0.284 e. The van der Waals surface area contributed by atoms with E-state index in [0.29, 0.717) is 30.5 Å². The van der Waals surface area contributed by atoms with Crippen LogP contribution in [0.5, 0.6) is 0 Å². The zero-order valence-corrected chi connectivity index (χ0v) is 20.9. The van der Waals surface area contributed by atoms with Crippen LogP contribution in [0.4, 0.5) is 20.3 Å². The Labute approximate surface area is 208 Å². The van der Waals surface area contributed by atoms with Crippen LogP contribution >= 0.6 is 0 Å². The molecule has 1 amide bonds. The molecule has 1 N–H and O–H groups in total. The third-order valence-corrected chi connectivity index (χ3v) is 7.33. The first-order valence-electron chi connectivity index (χ1n) is 12.8. The Bertz CT molecular complexity index is 1210. The molecule has 1 aliphatic heterocycles.